The summed E-state index contributed by atoms with van der Waals surface area (Å²) < 4.78 is 5.90. The van der Waals surface area contributed by atoms with Crippen LogP contribution < -0.4 is 15.2 Å². The normalized spacial score (nSPS) is 14.2. The highest BCUT2D eigenvalue weighted by molar-refractivity contribution is 6.01. The van der Waals surface area contributed by atoms with Crippen LogP contribution in [-0.2, 0) is 6.42 Å². The molecule has 0 spiro atoms. The summed E-state index contributed by atoms with van der Waals surface area (Å²) in [6.07, 6.45) is 9.47. The van der Waals surface area contributed by atoms with E-state index in [2.05, 4.69) is 54.6 Å². The van der Waals surface area contributed by atoms with E-state index in [4.69, 9.17) is 4.74 Å². The Balaban J connectivity index is 2.08. The predicted molar refractivity (Wildman–Crippen MR) is 91.0 cm³/mol. The zero-order chi connectivity index (χ0) is 14.5. The van der Waals surface area contributed by atoms with Crippen molar-refractivity contribution >= 4 is 23.1 Å². The summed E-state index contributed by atoms with van der Waals surface area (Å²) in [5, 5.41) is 5.16. The lowest BCUT2D eigenvalue weighted by Crippen LogP contribution is -2.34. The van der Waals surface area contributed by atoms with E-state index in [1.807, 2.05) is 18.4 Å². The van der Waals surface area contributed by atoms with E-state index in [1.165, 1.54) is 37.9 Å². The Kier molecular flexibility index (Phi) is 2.33. The van der Waals surface area contributed by atoms with Crippen LogP contribution in [0.5, 0.6) is 5.75 Å². The molecule has 0 saturated heterocycles. The van der Waals surface area contributed by atoms with Crippen molar-refractivity contribution in [1.82, 2.24) is 0 Å². The molecular formula is C21H14O. The summed E-state index contributed by atoms with van der Waals surface area (Å²) in [5.41, 5.74) is 3.88. The summed E-state index contributed by atoms with van der Waals surface area (Å²) >= 11 is 0. The van der Waals surface area contributed by atoms with Gasteiger partial charge in [0, 0.05) is 16.3 Å². The van der Waals surface area contributed by atoms with Crippen LogP contribution in [0.4, 0.5) is 0 Å². The van der Waals surface area contributed by atoms with Gasteiger partial charge in [0.2, 0.25) is 0 Å². The van der Waals surface area contributed by atoms with Gasteiger partial charge in [-0.3, -0.25) is 0 Å². The highest BCUT2D eigenvalue weighted by Crippen LogP contribution is 2.35. The molecule has 0 N–H and O–H groups in total. The molecular weight excluding hydrogens is 268 g/mol. The van der Waals surface area contributed by atoms with Crippen molar-refractivity contribution in [2.75, 3.05) is 0 Å². The molecule has 3 aromatic rings. The van der Waals surface area contributed by atoms with E-state index < -0.39 is 0 Å². The van der Waals surface area contributed by atoms with Crippen LogP contribution in [0, 0.1) is 0 Å². The Morgan fingerprint density at radius 2 is 1.64 bits per heavy atom. The molecule has 0 unspecified atom stereocenters. The van der Waals surface area contributed by atoms with Crippen LogP contribution in [0.25, 0.3) is 34.2 Å². The summed E-state index contributed by atoms with van der Waals surface area (Å²) in [6, 6.07) is 17.0. The number of allylic oxidation sites excluding steroid dienone is 2. The minimum absolute atomic E-state index is 0.937. The monoisotopic (exact) mass is 282 g/mol. The molecule has 0 bridgehead atoms. The second-order valence-corrected chi connectivity index (χ2v) is 5.76. The molecule has 104 valence electrons. The first kappa shape index (κ1) is 11.8. The molecule has 0 atom stereocenters. The van der Waals surface area contributed by atoms with Gasteiger partial charge in [-0.05, 0) is 34.0 Å². The molecule has 5 rings (SSSR count). The summed E-state index contributed by atoms with van der Waals surface area (Å²) in [7, 11) is 0. The Morgan fingerprint density at radius 1 is 0.818 bits per heavy atom. The lowest BCUT2D eigenvalue weighted by molar-refractivity contribution is 0.537. The van der Waals surface area contributed by atoms with Gasteiger partial charge in [0.15, 0.2) is 0 Å². The molecule has 1 aliphatic heterocycles. The number of rotatable bonds is 0. The fourth-order valence-electron chi connectivity index (χ4n) is 3.62. The van der Waals surface area contributed by atoms with Crippen molar-refractivity contribution in [3.63, 3.8) is 0 Å². The van der Waals surface area contributed by atoms with Gasteiger partial charge in [-0.2, -0.15) is 0 Å². The minimum atomic E-state index is 0.937. The van der Waals surface area contributed by atoms with Crippen LogP contribution in [0.2, 0.25) is 0 Å². The topological polar surface area (TPSA) is 9.23 Å². The SMILES string of the molecule is C1=CCc2c(c3c(c4ccccc24)-c2ccccc2OC=3)=C1. The maximum atomic E-state index is 5.90. The van der Waals surface area contributed by atoms with Crippen molar-refractivity contribution in [3.8, 4) is 16.9 Å². The molecule has 0 fully saturated rings. The molecule has 0 amide bonds. The van der Waals surface area contributed by atoms with E-state index in [0.717, 1.165) is 12.2 Å². The van der Waals surface area contributed by atoms with E-state index in [9.17, 15) is 0 Å². The number of ether oxygens (including phenoxy) is 1. The fourth-order valence-corrected chi connectivity index (χ4v) is 3.62. The average molecular weight is 282 g/mol. The number of hydrogen-bond donors (Lipinski definition) is 0. The van der Waals surface area contributed by atoms with Crippen molar-refractivity contribution in [3.05, 3.63) is 76.7 Å². The minimum Gasteiger partial charge on any atom is -0.464 e. The highest BCUT2D eigenvalue weighted by Gasteiger charge is 2.18. The molecule has 22 heavy (non-hydrogen) atoms. The predicted octanol–water partition coefficient (Wildman–Crippen LogP) is 3.53. The highest BCUT2D eigenvalue weighted by atomic mass is 16.5. The van der Waals surface area contributed by atoms with Crippen LogP contribution in [0.1, 0.15) is 5.56 Å². The Hall–Kier alpha value is -2.80. The lowest BCUT2D eigenvalue weighted by Gasteiger charge is -2.20. The van der Waals surface area contributed by atoms with Crippen LogP contribution in [0.3, 0.4) is 0 Å². The maximum Gasteiger partial charge on any atom is 0.134 e. The number of fused-ring (bicyclic) bond motifs is 8. The third kappa shape index (κ3) is 1.48. The van der Waals surface area contributed by atoms with Gasteiger partial charge in [-0.15, -0.1) is 0 Å². The van der Waals surface area contributed by atoms with Crippen molar-refractivity contribution in [2.24, 2.45) is 0 Å². The lowest BCUT2D eigenvalue weighted by atomic mass is 9.88. The zero-order valence-electron chi connectivity index (χ0n) is 12.0. The van der Waals surface area contributed by atoms with Crippen molar-refractivity contribution < 1.29 is 4.74 Å². The molecule has 3 aromatic carbocycles. The molecule has 2 aliphatic rings. The van der Waals surface area contributed by atoms with E-state index in [0.29, 0.717) is 0 Å². The van der Waals surface area contributed by atoms with Crippen molar-refractivity contribution in [2.45, 2.75) is 6.42 Å². The molecule has 1 heteroatoms. The second-order valence-electron chi connectivity index (χ2n) is 5.76. The fraction of sp³-hybridized carbons (Fsp3) is 0.0476. The summed E-state index contributed by atoms with van der Waals surface area (Å²) in [4.78, 5) is 0. The number of benzene rings is 3. The Bertz CT molecular complexity index is 1070. The van der Waals surface area contributed by atoms with Crippen LogP contribution >= 0.6 is 0 Å². The third-order valence-corrected chi connectivity index (χ3v) is 4.59. The van der Waals surface area contributed by atoms with E-state index >= 15 is 0 Å². The zero-order valence-corrected chi connectivity index (χ0v) is 12.0. The number of para-hydroxylation sites is 1. The molecule has 0 aromatic heterocycles. The maximum absolute atomic E-state index is 5.90. The van der Waals surface area contributed by atoms with Crippen molar-refractivity contribution in [1.29, 1.82) is 0 Å². The standard InChI is InChI=1S/C21H14O/c1-2-9-16-14(7-1)15-8-3-4-10-17(15)21-18-11-5-6-12-20(18)22-13-19(16)21/h1-6,8-13H,7H2. The van der Waals surface area contributed by atoms with Gasteiger partial charge in [0.05, 0.1) is 6.26 Å². The van der Waals surface area contributed by atoms with Gasteiger partial charge < -0.3 is 4.74 Å². The second kappa shape index (κ2) is 4.35. The molecule has 0 saturated carbocycles. The van der Waals surface area contributed by atoms with E-state index in [-0.39, 0.29) is 0 Å². The third-order valence-electron chi connectivity index (χ3n) is 4.59. The summed E-state index contributed by atoms with van der Waals surface area (Å²) in [5.74, 6) is 0.937. The first-order chi connectivity index (χ1) is 10.9. The molecule has 1 nitrogen and oxygen atoms in total. The smallest absolute Gasteiger partial charge is 0.134 e. The molecule has 1 heterocycles. The first-order valence-corrected chi connectivity index (χ1v) is 7.60. The van der Waals surface area contributed by atoms with E-state index in [1.54, 1.807) is 0 Å². The average Bonchev–Trinajstić information content (AvgIpc) is 2.61. The largest absolute Gasteiger partial charge is 0.464 e. The Labute approximate surface area is 128 Å². The van der Waals surface area contributed by atoms with Gasteiger partial charge in [0.25, 0.3) is 0 Å². The van der Waals surface area contributed by atoms with Gasteiger partial charge in [-0.1, -0.05) is 60.7 Å². The first-order valence-electron chi connectivity index (χ1n) is 7.60. The molecule has 1 aliphatic carbocycles. The quantitative estimate of drug-likeness (QED) is 0.613. The molecule has 0 radical (unpaired) electrons. The number of hydrogen-bond acceptors (Lipinski definition) is 1. The summed E-state index contributed by atoms with van der Waals surface area (Å²) in [6.45, 7) is 0. The van der Waals surface area contributed by atoms with Gasteiger partial charge in [-0.25, -0.2) is 0 Å². The van der Waals surface area contributed by atoms with Gasteiger partial charge >= 0.3 is 0 Å². The van der Waals surface area contributed by atoms with Crippen LogP contribution in [0.15, 0.2) is 60.7 Å². The van der Waals surface area contributed by atoms with Gasteiger partial charge in [0.1, 0.15) is 5.75 Å². The Morgan fingerprint density at radius 3 is 2.59 bits per heavy atom. The van der Waals surface area contributed by atoms with Crippen LogP contribution in [-0.4, -0.2) is 0 Å².